The van der Waals surface area contributed by atoms with E-state index in [0.717, 1.165) is 44.9 Å². The predicted molar refractivity (Wildman–Crippen MR) is 143 cm³/mol. The van der Waals surface area contributed by atoms with E-state index < -0.39 is 51.1 Å². The zero-order chi connectivity index (χ0) is 28.7. The van der Waals surface area contributed by atoms with E-state index in [4.69, 9.17) is 24.8 Å². The third-order valence-corrected chi connectivity index (χ3v) is 6.81. The first-order valence-corrected chi connectivity index (χ1v) is 15.6. The fourth-order valence-corrected chi connectivity index (χ4v) is 4.31. The van der Waals surface area contributed by atoms with E-state index in [1.165, 1.54) is 32.1 Å². The standard InChI is InChI=1S/C26H50NO10P/c1-3-5-7-9-11-13-15-17-24(28)34-19-22(20-35-38(32,33)36-21-23(27)26(30)31)37-25(29)18-16-14-12-10-8-6-4-2/h22-23H,3-21,27H2,1-2H3,(H,30,31)(H,32,33). The molecule has 0 aliphatic carbocycles. The Labute approximate surface area is 227 Å². The number of unbranched alkanes of at least 4 members (excludes halogenated alkanes) is 12. The van der Waals surface area contributed by atoms with Gasteiger partial charge in [-0.25, -0.2) is 4.57 Å². The molecule has 0 aliphatic rings. The number of carbonyl (C=O) groups excluding carboxylic acids is 2. The molecule has 0 aromatic heterocycles. The molecule has 0 rings (SSSR count). The molecule has 0 heterocycles. The SMILES string of the molecule is CCCCCCCCCC(=O)OCC(COP(=O)(O)OCC(N)C(=O)O)OC(=O)CCCCCCCCC. The van der Waals surface area contributed by atoms with Gasteiger partial charge >= 0.3 is 25.7 Å². The second-order valence-electron chi connectivity index (χ2n) is 9.54. The van der Waals surface area contributed by atoms with Crippen LogP contribution in [0.1, 0.15) is 117 Å². The van der Waals surface area contributed by atoms with Crippen LogP contribution < -0.4 is 5.73 Å². The molecule has 0 bridgehead atoms. The molecule has 3 unspecified atom stereocenters. The Bertz CT molecular complexity index is 691. The summed E-state index contributed by atoms with van der Waals surface area (Å²) in [6.45, 7) is 2.63. The molecule has 0 saturated carbocycles. The lowest BCUT2D eigenvalue weighted by Crippen LogP contribution is -2.34. The highest BCUT2D eigenvalue weighted by atomic mass is 31.2. The molecule has 11 nitrogen and oxygen atoms in total. The van der Waals surface area contributed by atoms with Gasteiger partial charge in [0.1, 0.15) is 12.6 Å². The van der Waals surface area contributed by atoms with Crippen LogP contribution >= 0.6 is 7.82 Å². The molecule has 38 heavy (non-hydrogen) atoms. The lowest BCUT2D eigenvalue weighted by molar-refractivity contribution is -0.161. The Kier molecular flexibility index (Phi) is 22.4. The normalized spacial score (nSPS) is 14.4. The van der Waals surface area contributed by atoms with Crippen LogP contribution in [0.4, 0.5) is 0 Å². The Morgan fingerprint density at radius 1 is 0.711 bits per heavy atom. The number of phosphoric ester groups is 1. The summed E-state index contributed by atoms with van der Waals surface area (Å²) in [5.74, 6) is -2.39. The number of nitrogens with two attached hydrogens (primary N) is 1. The highest BCUT2D eigenvalue weighted by Crippen LogP contribution is 2.43. The van der Waals surface area contributed by atoms with Gasteiger partial charge in [0.15, 0.2) is 6.10 Å². The Balaban J connectivity index is 4.61. The summed E-state index contributed by atoms with van der Waals surface area (Å²) >= 11 is 0. The quantitative estimate of drug-likeness (QED) is 0.0706. The second kappa shape index (κ2) is 23.4. The fraction of sp³-hybridized carbons (Fsp3) is 0.885. The van der Waals surface area contributed by atoms with Crippen LogP contribution in [-0.2, 0) is 37.5 Å². The molecule has 0 fully saturated rings. The van der Waals surface area contributed by atoms with E-state index in [9.17, 15) is 23.8 Å². The molecular formula is C26H50NO10P. The van der Waals surface area contributed by atoms with Gasteiger partial charge in [-0.05, 0) is 12.8 Å². The number of rotatable bonds is 26. The number of aliphatic carboxylic acids is 1. The first-order valence-electron chi connectivity index (χ1n) is 14.1. The van der Waals surface area contributed by atoms with Crippen LogP contribution in [0.5, 0.6) is 0 Å². The maximum Gasteiger partial charge on any atom is 0.472 e. The summed E-state index contributed by atoms with van der Waals surface area (Å²) in [7, 11) is -4.68. The summed E-state index contributed by atoms with van der Waals surface area (Å²) in [5.41, 5.74) is 5.26. The van der Waals surface area contributed by atoms with E-state index >= 15 is 0 Å². The number of hydrogen-bond acceptors (Lipinski definition) is 9. The van der Waals surface area contributed by atoms with Gasteiger partial charge in [0.05, 0.1) is 13.2 Å². The molecule has 0 saturated heterocycles. The van der Waals surface area contributed by atoms with Crippen LogP contribution in [0.3, 0.4) is 0 Å². The largest absolute Gasteiger partial charge is 0.480 e. The van der Waals surface area contributed by atoms with E-state index in [0.29, 0.717) is 12.8 Å². The lowest BCUT2D eigenvalue weighted by Gasteiger charge is -2.20. The number of esters is 2. The van der Waals surface area contributed by atoms with Crippen LogP contribution in [0, 0.1) is 0 Å². The Morgan fingerprint density at radius 2 is 1.16 bits per heavy atom. The van der Waals surface area contributed by atoms with Gasteiger partial charge in [0.2, 0.25) is 0 Å². The van der Waals surface area contributed by atoms with E-state index in [1.807, 2.05) is 0 Å². The first kappa shape index (κ1) is 36.5. The second-order valence-corrected chi connectivity index (χ2v) is 11.0. The van der Waals surface area contributed by atoms with Crippen LogP contribution in [0.2, 0.25) is 0 Å². The van der Waals surface area contributed by atoms with E-state index in [-0.39, 0.29) is 19.4 Å². The third kappa shape index (κ3) is 22.5. The van der Waals surface area contributed by atoms with Crippen LogP contribution in [0.25, 0.3) is 0 Å². The van der Waals surface area contributed by atoms with Crippen molar-refractivity contribution in [2.75, 3.05) is 19.8 Å². The van der Waals surface area contributed by atoms with Crippen molar-refractivity contribution in [1.82, 2.24) is 0 Å². The molecule has 0 spiro atoms. The number of hydrogen-bond donors (Lipinski definition) is 3. The monoisotopic (exact) mass is 567 g/mol. The number of carbonyl (C=O) groups is 3. The van der Waals surface area contributed by atoms with Crippen molar-refractivity contribution in [3.8, 4) is 0 Å². The predicted octanol–water partition coefficient (Wildman–Crippen LogP) is 5.27. The van der Waals surface area contributed by atoms with Gasteiger partial charge in [0.25, 0.3) is 0 Å². The van der Waals surface area contributed by atoms with Gasteiger partial charge in [-0.3, -0.25) is 23.4 Å². The Hall–Kier alpha value is -1.52. The maximum absolute atomic E-state index is 12.3. The van der Waals surface area contributed by atoms with Gasteiger partial charge in [0, 0.05) is 12.8 Å². The van der Waals surface area contributed by atoms with Crippen molar-refractivity contribution in [2.45, 2.75) is 129 Å². The van der Waals surface area contributed by atoms with Gasteiger partial charge < -0.3 is 25.2 Å². The molecule has 0 amide bonds. The molecule has 0 aromatic rings. The van der Waals surface area contributed by atoms with Crippen molar-refractivity contribution in [2.24, 2.45) is 5.73 Å². The maximum atomic E-state index is 12.3. The molecule has 0 radical (unpaired) electrons. The number of carboxylic acids is 1. The fourth-order valence-electron chi connectivity index (χ4n) is 3.53. The van der Waals surface area contributed by atoms with Crippen molar-refractivity contribution in [3.05, 3.63) is 0 Å². The highest BCUT2D eigenvalue weighted by molar-refractivity contribution is 7.47. The van der Waals surface area contributed by atoms with Gasteiger partial charge in [-0.1, -0.05) is 90.9 Å². The van der Waals surface area contributed by atoms with Crippen LogP contribution in [-0.4, -0.2) is 59.9 Å². The minimum absolute atomic E-state index is 0.164. The summed E-state index contributed by atoms with van der Waals surface area (Å²) in [4.78, 5) is 45.0. The molecule has 0 aromatic carbocycles. The zero-order valence-corrected chi connectivity index (χ0v) is 24.2. The zero-order valence-electron chi connectivity index (χ0n) is 23.3. The summed E-state index contributed by atoms with van der Waals surface area (Å²) in [5, 5.41) is 8.76. The lowest BCUT2D eigenvalue weighted by atomic mass is 10.1. The number of phosphoric acid groups is 1. The topological polar surface area (TPSA) is 172 Å². The summed E-state index contributed by atoms with van der Waals surface area (Å²) < 4.78 is 32.1. The van der Waals surface area contributed by atoms with Crippen molar-refractivity contribution >= 4 is 25.7 Å². The molecule has 224 valence electrons. The summed E-state index contributed by atoms with van der Waals surface area (Å²) in [6.07, 6.45) is 13.8. The van der Waals surface area contributed by atoms with Crippen molar-refractivity contribution < 1.29 is 47.5 Å². The molecule has 12 heteroatoms. The molecule has 3 atom stereocenters. The van der Waals surface area contributed by atoms with Crippen LogP contribution in [0.15, 0.2) is 0 Å². The first-order chi connectivity index (χ1) is 18.1. The van der Waals surface area contributed by atoms with Gasteiger partial charge in [-0.2, -0.15) is 0 Å². The van der Waals surface area contributed by atoms with E-state index in [2.05, 4.69) is 18.4 Å². The number of carboxylic acid groups (broad SMARTS) is 1. The van der Waals surface area contributed by atoms with E-state index in [1.54, 1.807) is 0 Å². The minimum Gasteiger partial charge on any atom is -0.480 e. The Morgan fingerprint density at radius 3 is 1.66 bits per heavy atom. The average molecular weight is 568 g/mol. The summed E-state index contributed by atoms with van der Waals surface area (Å²) in [6, 6.07) is -1.51. The average Bonchev–Trinajstić information content (AvgIpc) is 2.87. The molecular weight excluding hydrogens is 517 g/mol. The molecule has 0 aliphatic heterocycles. The molecule has 4 N–H and O–H groups in total. The van der Waals surface area contributed by atoms with Gasteiger partial charge in [-0.15, -0.1) is 0 Å². The van der Waals surface area contributed by atoms with Crippen molar-refractivity contribution in [1.29, 1.82) is 0 Å². The highest BCUT2D eigenvalue weighted by Gasteiger charge is 2.28. The third-order valence-electron chi connectivity index (χ3n) is 5.86. The number of ether oxygens (including phenoxy) is 2. The van der Waals surface area contributed by atoms with Crippen molar-refractivity contribution in [3.63, 3.8) is 0 Å². The smallest absolute Gasteiger partial charge is 0.472 e. The minimum atomic E-state index is -4.68.